The van der Waals surface area contributed by atoms with Crippen LogP contribution in [0.5, 0.6) is 11.5 Å². The number of aromatic nitrogens is 4. The van der Waals surface area contributed by atoms with Crippen LogP contribution in [0.2, 0.25) is 0 Å². The zero-order valence-corrected chi connectivity index (χ0v) is 24.7. The molecular formula is C33H36N6O4. The number of nitrogens with one attached hydrogen (secondary N) is 2. The molecule has 1 aliphatic heterocycles. The first-order valence-corrected chi connectivity index (χ1v) is 14.7. The van der Waals surface area contributed by atoms with E-state index < -0.39 is 0 Å². The summed E-state index contributed by atoms with van der Waals surface area (Å²) in [5.74, 6) is 1.85. The fourth-order valence-corrected chi connectivity index (χ4v) is 5.72. The van der Waals surface area contributed by atoms with Gasteiger partial charge in [0, 0.05) is 12.1 Å². The average Bonchev–Trinajstić information content (AvgIpc) is 3.63. The molecule has 0 spiro atoms. The SMILES string of the molecule is CCCOc1ccc(CNC(=O)[C@@H]2CCCN2C)cc1-c1nc2cc3ncn(Cc4ccccc4OC)c3cc2c(=O)[nH]1. The maximum Gasteiger partial charge on any atom is 0.259 e. The van der Waals surface area contributed by atoms with Gasteiger partial charge in [0.05, 0.1) is 60.1 Å². The molecule has 0 radical (unpaired) electrons. The van der Waals surface area contributed by atoms with Crippen molar-refractivity contribution >= 4 is 27.8 Å². The van der Waals surface area contributed by atoms with Gasteiger partial charge in [-0.25, -0.2) is 9.97 Å². The number of likely N-dealkylation sites (N-methyl/N-ethyl adjacent to an activating group) is 1. The molecule has 0 unspecified atom stereocenters. The molecule has 3 heterocycles. The predicted molar refractivity (Wildman–Crippen MR) is 166 cm³/mol. The maximum atomic E-state index is 13.5. The first kappa shape index (κ1) is 28.4. The van der Waals surface area contributed by atoms with Crippen molar-refractivity contribution < 1.29 is 14.3 Å². The second-order valence-electron chi connectivity index (χ2n) is 11.0. The lowest BCUT2D eigenvalue weighted by Gasteiger charge is -2.19. The number of hydrogen-bond acceptors (Lipinski definition) is 7. The minimum absolute atomic E-state index is 0.0271. The van der Waals surface area contributed by atoms with Crippen LogP contribution in [0.3, 0.4) is 0 Å². The van der Waals surface area contributed by atoms with Crippen molar-refractivity contribution in [2.45, 2.75) is 45.3 Å². The molecule has 0 saturated carbocycles. The number of hydrogen-bond donors (Lipinski definition) is 2. The van der Waals surface area contributed by atoms with Crippen LogP contribution in [-0.2, 0) is 17.9 Å². The topological polar surface area (TPSA) is 114 Å². The third-order valence-corrected chi connectivity index (χ3v) is 8.03. The van der Waals surface area contributed by atoms with E-state index in [4.69, 9.17) is 14.5 Å². The summed E-state index contributed by atoms with van der Waals surface area (Å²) in [5.41, 5.74) is 4.42. The van der Waals surface area contributed by atoms with Gasteiger partial charge in [-0.3, -0.25) is 14.5 Å². The molecule has 0 aliphatic carbocycles. The van der Waals surface area contributed by atoms with Crippen molar-refractivity contribution in [3.8, 4) is 22.9 Å². The van der Waals surface area contributed by atoms with E-state index in [9.17, 15) is 9.59 Å². The number of nitrogens with zero attached hydrogens (tertiary/aromatic N) is 4. The van der Waals surface area contributed by atoms with E-state index in [2.05, 4.69) is 20.2 Å². The molecule has 0 bridgehead atoms. The summed E-state index contributed by atoms with van der Waals surface area (Å²) in [4.78, 5) is 40.8. The normalized spacial score (nSPS) is 15.3. The van der Waals surface area contributed by atoms with Crippen molar-refractivity contribution in [1.82, 2.24) is 29.7 Å². The number of carbonyl (C=O) groups is 1. The summed E-state index contributed by atoms with van der Waals surface area (Å²) < 4.78 is 13.5. The Morgan fingerprint density at radius 3 is 2.77 bits per heavy atom. The fourth-order valence-electron chi connectivity index (χ4n) is 5.72. The molecule has 3 aromatic carbocycles. The Morgan fingerprint density at radius 2 is 1.98 bits per heavy atom. The Labute approximate surface area is 249 Å². The average molecular weight is 581 g/mol. The number of fused-ring (bicyclic) bond motifs is 2. The summed E-state index contributed by atoms with van der Waals surface area (Å²) in [7, 11) is 3.64. The van der Waals surface area contributed by atoms with Gasteiger partial charge < -0.3 is 24.3 Å². The number of para-hydroxylation sites is 1. The Morgan fingerprint density at radius 1 is 1.12 bits per heavy atom. The number of likely N-dealkylation sites (tertiary alicyclic amines) is 1. The Bertz CT molecular complexity index is 1850. The van der Waals surface area contributed by atoms with Gasteiger partial charge in [-0.1, -0.05) is 31.2 Å². The van der Waals surface area contributed by atoms with Gasteiger partial charge in [-0.05, 0) is 68.8 Å². The Kier molecular flexibility index (Phi) is 8.11. The highest BCUT2D eigenvalue weighted by atomic mass is 16.5. The van der Waals surface area contributed by atoms with Crippen molar-refractivity contribution in [1.29, 1.82) is 0 Å². The minimum atomic E-state index is -0.253. The molecule has 1 saturated heterocycles. The second-order valence-corrected chi connectivity index (χ2v) is 11.0. The molecule has 10 nitrogen and oxygen atoms in total. The summed E-state index contributed by atoms with van der Waals surface area (Å²) in [6.07, 6.45) is 4.50. The third-order valence-electron chi connectivity index (χ3n) is 8.03. The molecular weight excluding hydrogens is 544 g/mol. The van der Waals surface area contributed by atoms with E-state index in [-0.39, 0.29) is 17.5 Å². The lowest BCUT2D eigenvalue weighted by molar-refractivity contribution is -0.125. The molecule has 1 amide bonds. The zero-order valence-electron chi connectivity index (χ0n) is 24.7. The first-order chi connectivity index (χ1) is 20.9. The van der Waals surface area contributed by atoms with E-state index in [1.165, 1.54) is 0 Å². The van der Waals surface area contributed by atoms with E-state index in [0.717, 1.165) is 53.7 Å². The molecule has 1 fully saturated rings. The smallest absolute Gasteiger partial charge is 0.259 e. The largest absolute Gasteiger partial charge is 0.496 e. The van der Waals surface area contributed by atoms with E-state index in [1.807, 2.05) is 73.1 Å². The van der Waals surface area contributed by atoms with Crippen LogP contribution in [0.4, 0.5) is 0 Å². The first-order valence-electron chi connectivity index (χ1n) is 14.7. The summed E-state index contributed by atoms with van der Waals surface area (Å²) >= 11 is 0. The molecule has 6 rings (SSSR count). The van der Waals surface area contributed by atoms with Crippen LogP contribution in [0.25, 0.3) is 33.3 Å². The van der Waals surface area contributed by atoms with Gasteiger partial charge in [0.1, 0.15) is 17.3 Å². The number of methoxy groups -OCH3 is 1. The molecule has 1 aliphatic rings. The van der Waals surface area contributed by atoms with Crippen LogP contribution in [0.15, 0.2) is 65.7 Å². The number of amides is 1. The van der Waals surface area contributed by atoms with Gasteiger partial charge in [-0.2, -0.15) is 0 Å². The number of imidazole rings is 1. The highest BCUT2D eigenvalue weighted by Crippen LogP contribution is 2.30. The van der Waals surface area contributed by atoms with Crippen LogP contribution < -0.4 is 20.3 Å². The van der Waals surface area contributed by atoms with Crippen LogP contribution in [0, 0.1) is 0 Å². The minimum Gasteiger partial charge on any atom is -0.496 e. The molecule has 1 atom stereocenters. The third kappa shape index (κ3) is 5.83. The van der Waals surface area contributed by atoms with Crippen LogP contribution in [-0.4, -0.2) is 63.7 Å². The number of carbonyl (C=O) groups excluding carboxylic acids is 1. The maximum absolute atomic E-state index is 13.5. The van der Waals surface area contributed by atoms with Crippen molar-refractivity contribution in [2.75, 3.05) is 27.3 Å². The van der Waals surface area contributed by atoms with Crippen molar-refractivity contribution in [3.63, 3.8) is 0 Å². The van der Waals surface area contributed by atoms with Gasteiger partial charge in [0.2, 0.25) is 5.91 Å². The molecule has 2 aromatic heterocycles. The highest BCUT2D eigenvalue weighted by molar-refractivity contribution is 5.93. The summed E-state index contributed by atoms with van der Waals surface area (Å²) in [5, 5.41) is 3.54. The van der Waals surface area contributed by atoms with E-state index >= 15 is 0 Å². The number of aromatic amines is 1. The number of H-pyrrole nitrogens is 1. The second kappa shape index (κ2) is 12.3. The molecule has 43 heavy (non-hydrogen) atoms. The molecule has 10 heteroatoms. The predicted octanol–water partition coefficient (Wildman–Crippen LogP) is 4.50. The molecule has 2 N–H and O–H groups in total. The van der Waals surface area contributed by atoms with E-state index in [1.54, 1.807) is 13.4 Å². The van der Waals surface area contributed by atoms with Crippen molar-refractivity contribution in [2.24, 2.45) is 0 Å². The van der Waals surface area contributed by atoms with Gasteiger partial charge in [0.15, 0.2) is 0 Å². The van der Waals surface area contributed by atoms with Crippen LogP contribution in [0.1, 0.15) is 37.3 Å². The Balaban J connectivity index is 1.33. The molecule has 222 valence electrons. The van der Waals surface area contributed by atoms with Gasteiger partial charge >= 0.3 is 0 Å². The number of ether oxygens (including phenoxy) is 2. The monoisotopic (exact) mass is 580 g/mol. The molecule has 5 aromatic rings. The van der Waals surface area contributed by atoms with Gasteiger partial charge in [0.25, 0.3) is 5.56 Å². The van der Waals surface area contributed by atoms with E-state index in [0.29, 0.717) is 47.7 Å². The van der Waals surface area contributed by atoms with Crippen LogP contribution >= 0.6 is 0 Å². The summed E-state index contributed by atoms with van der Waals surface area (Å²) in [6, 6.07) is 17.2. The fraction of sp³-hybridized carbons (Fsp3) is 0.333. The standard InChI is InChI=1S/C33H36N6O4/c1-4-14-43-30-12-11-21(18-34-33(41)27-9-7-13-38(27)2)15-24(30)31-36-25-17-26-28(16-23(25)32(40)37-31)39(20-35-26)19-22-8-5-6-10-29(22)42-3/h5-6,8,10-12,15-17,20,27H,4,7,9,13-14,18-19H2,1-3H3,(H,34,41)(H,36,37,40)/t27-/m0/s1. The zero-order chi connectivity index (χ0) is 29.9. The van der Waals surface area contributed by atoms with Gasteiger partial charge in [-0.15, -0.1) is 0 Å². The number of rotatable bonds is 10. The highest BCUT2D eigenvalue weighted by Gasteiger charge is 2.27. The van der Waals surface area contributed by atoms with Crippen molar-refractivity contribution in [3.05, 3.63) is 82.4 Å². The number of benzene rings is 3. The quantitative estimate of drug-likeness (QED) is 0.250. The Hall–Kier alpha value is -4.70. The summed E-state index contributed by atoms with van der Waals surface area (Å²) in [6.45, 7) is 4.42. The lowest BCUT2D eigenvalue weighted by atomic mass is 10.1. The lowest BCUT2D eigenvalue weighted by Crippen LogP contribution is -2.41.